The summed E-state index contributed by atoms with van der Waals surface area (Å²) in [6.45, 7) is 1.88. The quantitative estimate of drug-likeness (QED) is 0.792. The summed E-state index contributed by atoms with van der Waals surface area (Å²) < 4.78 is 5.92. The van der Waals surface area contributed by atoms with Crippen molar-refractivity contribution in [1.82, 2.24) is 19.7 Å². The lowest BCUT2D eigenvalue weighted by Gasteiger charge is -2.05. The van der Waals surface area contributed by atoms with Crippen molar-refractivity contribution >= 4 is 5.97 Å². The molecule has 2 N–H and O–H groups in total. The number of nitrogens with two attached hydrogens (primary N) is 1. The Labute approximate surface area is 104 Å². The number of hydrogen-bond acceptors (Lipinski definition) is 6. The summed E-state index contributed by atoms with van der Waals surface area (Å²) in [6, 6.07) is 3.54. The average molecular weight is 247 g/mol. The van der Waals surface area contributed by atoms with Gasteiger partial charge in [0.25, 0.3) is 5.82 Å². The fraction of sp³-hybridized carbons (Fsp3) is 0.273. The van der Waals surface area contributed by atoms with Crippen LogP contribution in [-0.2, 0) is 4.74 Å². The standard InChI is InChI=1S/C11H13N5O2/c1-7(12)8-3-4-9(13-5-8)16-6-14-10(15-16)11(17)18-2/h3-7H,12H2,1-2H3. The third kappa shape index (κ3) is 2.35. The molecule has 0 aliphatic rings. The molecule has 0 fully saturated rings. The lowest BCUT2D eigenvalue weighted by molar-refractivity contribution is 0.0587. The van der Waals surface area contributed by atoms with E-state index in [2.05, 4.69) is 19.8 Å². The minimum Gasteiger partial charge on any atom is -0.463 e. The Kier molecular flexibility index (Phi) is 3.33. The Hall–Kier alpha value is -2.28. The highest BCUT2D eigenvalue weighted by molar-refractivity contribution is 5.84. The summed E-state index contributed by atoms with van der Waals surface area (Å²) in [5.41, 5.74) is 6.65. The minimum atomic E-state index is -0.582. The zero-order valence-electron chi connectivity index (χ0n) is 10.1. The van der Waals surface area contributed by atoms with Crippen molar-refractivity contribution in [2.75, 3.05) is 7.11 Å². The molecular weight excluding hydrogens is 234 g/mol. The van der Waals surface area contributed by atoms with Gasteiger partial charge < -0.3 is 10.5 Å². The van der Waals surface area contributed by atoms with Crippen molar-refractivity contribution < 1.29 is 9.53 Å². The first-order valence-electron chi connectivity index (χ1n) is 5.33. The van der Waals surface area contributed by atoms with Crippen LogP contribution in [0.2, 0.25) is 0 Å². The van der Waals surface area contributed by atoms with Gasteiger partial charge >= 0.3 is 5.97 Å². The lowest BCUT2D eigenvalue weighted by Crippen LogP contribution is -2.07. The molecule has 1 unspecified atom stereocenters. The molecule has 0 aliphatic heterocycles. The summed E-state index contributed by atoms with van der Waals surface area (Å²) in [7, 11) is 1.28. The molecule has 7 nitrogen and oxygen atoms in total. The number of aromatic nitrogens is 4. The van der Waals surface area contributed by atoms with E-state index in [-0.39, 0.29) is 11.9 Å². The first-order chi connectivity index (χ1) is 8.61. The normalized spacial score (nSPS) is 12.2. The van der Waals surface area contributed by atoms with Crippen LogP contribution in [0.3, 0.4) is 0 Å². The van der Waals surface area contributed by atoms with Crippen LogP contribution in [0.5, 0.6) is 0 Å². The molecule has 2 aromatic heterocycles. The minimum absolute atomic E-state index is 0.00410. The van der Waals surface area contributed by atoms with Gasteiger partial charge in [-0.3, -0.25) is 0 Å². The Morgan fingerprint density at radius 2 is 2.22 bits per heavy atom. The maximum atomic E-state index is 11.2. The predicted molar refractivity (Wildman–Crippen MR) is 63.1 cm³/mol. The van der Waals surface area contributed by atoms with E-state index < -0.39 is 5.97 Å². The number of pyridine rings is 1. The highest BCUT2D eigenvalue weighted by atomic mass is 16.5. The van der Waals surface area contributed by atoms with Gasteiger partial charge in [-0.15, -0.1) is 5.10 Å². The van der Waals surface area contributed by atoms with Crippen molar-refractivity contribution in [2.45, 2.75) is 13.0 Å². The number of methoxy groups -OCH3 is 1. The molecule has 0 aromatic carbocycles. The molecule has 0 spiro atoms. The summed E-state index contributed by atoms with van der Waals surface area (Å²) in [5, 5.41) is 3.96. The van der Waals surface area contributed by atoms with Gasteiger partial charge in [0.1, 0.15) is 6.33 Å². The molecule has 0 radical (unpaired) electrons. The van der Waals surface area contributed by atoms with E-state index in [0.29, 0.717) is 5.82 Å². The van der Waals surface area contributed by atoms with Gasteiger partial charge in [-0.1, -0.05) is 6.07 Å². The number of ether oxygens (including phenoxy) is 1. The molecule has 94 valence electrons. The molecule has 0 amide bonds. The van der Waals surface area contributed by atoms with Gasteiger partial charge in [0.2, 0.25) is 0 Å². The van der Waals surface area contributed by atoms with Gasteiger partial charge in [-0.2, -0.15) is 0 Å². The zero-order valence-corrected chi connectivity index (χ0v) is 10.1. The monoisotopic (exact) mass is 247 g/mol. The predicted octanol–water partition coefficient (Wildman–Crippen LogP) is 0.469. The molecule has 18 heavy (non-hydrogen) atoms. The van der Waals surface area contributed by atoms with Gasteiger partial charge in [-0.05, 0) is 18.6 Å². The van der Waals surface area contributed by atoms with Crippen LogP contribution in [-0.4, -0.2) is 32.8 Å². The molecule has 2 aromatic rings. The summed E-state index contributed by atoms with van der Waals surface area (Å²) in [4.78, 5) is 19.2. The fourth-order valence-corrected chi connectivity index (χ4v) is 1.36. The van der Waals surface area contributed by atoms with Crippen LogP contribution in [0.4, 0.5) is 0 Å². The van der Waals surface area contributed by atoms with Crippen LogP contribution >= 0.6 is 0 Å². The highest BCUT2D eigenvalue weighted by Crippen LogP contribution is 2.10. The second kappa shape index (κ2) is 4.92. The molecule has 2 rings (SSSR count). The van der Waals surface area contributed by atoms with Crippen LogP contribution < -0.4 is 5.73 Å². The van der Waals surface area contributed by atoms with Crippen LogP contribution in [0.15, 0.2) is 24.7 Å². The summed E-state index contributed by atoms with van der Waals surface area (Å²) >= 11 is 0. The van der Waals surface area contributed by atoms with Crippen molar-refractivity contribution in [1.29, 1.82) is 0 Å². The van der Waals surface area contributed by atoms with Crippen molar-refractivity contribution in [3.8, 4) is 5.82 Å². The molecule has 7 heteroatoms. The summed E-state index contributed by atoms with van der Waals surface area (Å²) in [5.74, 6) is -0.0291. The second-order valence-corrected chi connectivity index (χ2v) is 3.74. The molecule has 1 atom stereocenters. The summed E-state index contributed by atoms with van der Waals surface area (Å²) in [6.07, 6.45) is 3.07. The number of carbonyl (C=O) groups excluding carboxylic acids is 1. The van der Waals surface area contributed by atoms with E-state index in [1.165, 1.54) is 18.1 Å². The van der Waals surface area contributed by atoms with Gasteiger partial charge in [0.15, 0.2) is 5.82 Å². The van der Waals surface area contributed by atoms with Gasteiger partial charge in [-0.25, -0.2) is 19.4 Å². The Bertz CT molecular complexity index is 547. The first-order valence-corrected chi connectivity index (χ1v) is 5.33. The van der Waals surface area contributed by atoms with Crippen molar-refractivity contribution in [2.24, 2.45) is 5.73 Å². The molecule has 0 saturated heterocycles. The van der Waals surface area contributed by atoms with E-state index in [1.54, 1.807) is 12.3 Å². The van der Waals surface area contributed by atoms with Crippen LogP contribution in [0.1, 0.15) is 29.1 Å². The number of rotatable bonds is 3. The smallest absolute Gasteiger partial charge is 0.377 e. The maximum Gasteiger partial charge on any atom is 0.377 e. The molecule has 0 saturated carbocycles. The number of esters is 1. The fourth-order valence-electron chi connectivity index (χ4n) is 1.36. The average Bonchev–Trinajstić information content (AvgIpc) is 2.87. The third-order valence-electron chi connectivity index (χ3n) is 2.39. The largest absolute Gasteiger partial charge is 0.463 e. The van der Waals surface area contributed by atoms with Crippen LogP contribution in [0, 0.1) is 0 Å². The number of nitrogens with zero attached hydrogens (tertiary/aromatic N) is 4. The van der Waals surface area contributed by atoms with E-state index in [0.717, 1.165) is 5.56 Å². The molecule has 2 heterocycles. The van der Waals surface area contributed by atoms with Crippen molar-refractivity contribution in [3.05, 3.63) is 36.0 Å². The molecule has 0 aliphatic carbocycles. The van der Waals surface area contributed by atoms with E-state index in [1.807, 2.05) is 13.0 Å². The first kappa shape index (κ1) is 12.2. The van der Waals surface area contributed by atoms with Crippen LogP contribution in [0.25, 0.3) is 5.82 Å². The Morgan fingerprint density at radius 3 is 2.78 bits per heavy atom. The SMILES string of the molecule is COC(=O)c1ncn(-c2ccc(C(C)N)cn2)n1. The third-order valence-corrected chi connectivity index (χ3v) is 2.39. The zero-order chi connectivity index (χ0) is 13.1. The second-order valence-electron chi connectivity index (χ2n) is 3.74. The molecular formula is C11H13N5O2. The number of hydrogen-bond donors (Lipinski definition) is 1. The van der Waals surface area contributed by atoms with E-state index >= 15 is 0 Å². The van der Waals surface area contributed by atoms with E-state index in [9.17, 15) is 4.79 Å². The Morgan fingerprint density at radius 1 is 1.44 bits per heavy atom. The van der Waals surface area contributed by atoms with Gasteiger partial charge in [0, 0.05) is 12.2 Å². The molecule has 0 bridgehead atoms. The maximum absolute atomic E-state index is 11.2. The number of carbonyl (C=O) groups is 1. The lowest BCUT2D eigenvalue weighted by atomic mass is 10.2. The van der Waals surface area contributed by atoms with Crippen molar-refractivity contribution in [3.63, 3.8) is 0 Å². The van der Waals surface area contributed by atoms with E-state index in [4.69, 9.17) is 5.73 Å². The Balaban J connectivity index is 2.26. The van der Waals surface area contributed by atoms with Gasteiger partial charge in [0.05, 0.1) is 7.11 Å². The highest BCUT2D eigenvalue weighted by Gasteiger charge is 2.12. The topological polar surface area (TPSA) is 95.9 Å².